The summed E-state index contributed by atoms with van der Waals surface area (Å²) < 4.78 is 0. The summed E-state index contributed by atoms with van der Waals surface area (Å²) in [5.41, 5.74) is 0.560. The van der Waals surface area contributed by atoms with E-state index < -0.39 is 0 Å². The van der Waals surface area contributed by atoms with Gasteiger partial charge in [0, 0.05) is 5.71 Å². The summed E-state index contributed by atoms with van der Waals surface area (Å²) in [4.78, 5) is 3.46. The quantitative estimate of drug-likeness (QED) is 0.479. The van der Waals surface area contributed by atoms with E-state index in [1.807, 2.05) is 0 Å². The number of nitrogens with zero attached hydrogens (tertiary/aromatic N) is 1. The van der Waals surface area contributed by atoms with Crippen LogP contribution in [0.25, 0.3) is 0 Å². The molecule has 0 aliphatic carbocycles. The molecule has 0 rings (SSSR count). The first-order valence-corrected chi connectivity index (χ1v) is 1.74. The van der Waals surface area contributed by atoms with Gasteiger partial charge in [-0.3, -0.25) is 4.99 Å². The molecule has 1 N–H and O–H groups in total. The zero-order valence-electron chi connectivity index (χ0n) is 3.86. The fraction of sp³-hybridized carbons (Fsp3) is 0.500. The van der Waals surface area contributed by atoms with Crippen molar-refractivity contribution in [1.82, 2.24) is 0 Å². The van der Waals surface area contributed by atoms with Gasteiger partial charge in [0.2, 0.25) is 0 Å². The van der Waals surface area contributed by atoms with Crippen LogP contribution in [-0.2, 0) is 0 Å². The van der Waals surface area contributed by atoms with Crippen LogP contribution in [0.4, 0.5) is 0 Å². The Hall–Kier alpha value is -0.660. The van der Waals surface area contributed by atoms with Crippen LogP contribution in [0.15, 0.2) is 4.99 Å². The van der Waals surface area contributed by atoms with Gasteiger partial charge < -0.3 is 5.41 Å². The van der Waals surface area contributed by atoms with Crippen molar-refractivity contribution in [3.05, 3.63) is 0 Å². The smallest absolute Gasteiger partial charge is 0.0755 e. The summed E-state index contributed by atoms with van der Waals surface area (Å²) >= 11 is 0. The monoisotopic (exact) mass is 84.1 g/mol. The second-order valence-corrected chi connectivity index (χ2v) is 1.16. The second-order valence-electron chi connectivity index (χ2n) is 1.16. The van der Waals surface area contributed by atoms with Gasteiger partial charge in [0.05, 0.1) is 6.54 Å². The third-order valence-corrected chi connectivity index (χ3v) is 0.349. The third kappa shape index (κ3) is 3.34. The van der Waals surface area contributed by atoms with Crippen molar-refractivity contribution < 1.29 is 0 Å². The predicted octanol–water partition coefficient (Wildman–Crippen LogP) is 0.727. The molecular formula is C4H8N2. The van der Waals surface area contributed by atoms with E-state index in [0.717, 1.165) is 0 Å². The number of nitrogens with one attached hydrogen (secondary N) is 1. The van der Waals surface area contributed by atoms with Crippen molar-refractivity contribution >= 4 is 12.4 Å². The molecule has 0 saturated carbocycles. The molecule has 0 aromatic rings. The van der Waals surface area contributed by atoms with Gasteiger partial charge in [0.25, 0.3) is 0 Å². The summed E-state index contributed by atoms with van der Waals surface area (Å²) in [5, 5.41) is 6.76. The minimum Gasteiger partial charge on any atom is -0.308 e. The van der Waals surface area contributed by atoms with Gasteiger partial charge >= 0.3 is 0 Å². The van der Waals surface area contributed by atoms with E-state index in [-0.39, 0.29) is 0 Å². The van der Waals surface area contributed by atoms with E-state index in [9.17, 15) is 0 Å². The van der Waals surface area contributed by atoms with Crippen LogP contribution >= 0.6 is 0 Å². The zero-order valence-corrected chi connectivity index (χ0v) is 3.86. The maximum atomic E-state index is 6.76. The van der Waals surface area contributed by atoms with Crippen LogP contribution in [0.5, 0.6) is 0 Å². The minimum absolute atomic E-state index is 0.472. The van der Waals surface area contributed by atoms with E-state index in [4.69, 9.17) is 5.41 Å². The van der Waals surface area contributed by atoms with Crippen LogP contribution in [-0.4, -0.2) is 19.0 Å². The molecule has 0 unspecified atom stereocenters. The van der Waals surface area contributed by atoms with Gasteiger partial charge in [0.1, 0.15) is 0 Å². The van der Waals surface area contributed by atoms with E-state index >= 15 is 0 Å². The Morgan fingerprint density at radius 3 is 2.50 bits per heavy atom. The predicted molar refractivity (Wildman–Crippen MR) is 27.8 cm³/mol. The summed E-state index contributed by atoms with van der Waals surface area (Å²) in [7, 11) is 0. The Morgan fingerprint density at radius 2 is 2.50 bits per heavy atom. The van der Waals surface area contributed by atoms with Gasteiger partial charge in [-0.2, -0.15) is 0 Å². The molecule has 0 fully saturated rings. The first kappa shape index (κ1) is 5.34. The van der Waals surface area contributed by atoms with E-state index in [0.29, 0.717) is 12.3 Å². The fourth-order valence-corrected chi connectivity index (χ4v) is 0.168. The molecule has 0 aliphatic rings. The Kier molecular flexibility index (Phi) is 2.29. The normalized spacial score (nSPS) is 7.50. The molecular weight excluding hydrogens is 76.1 g/mol. The Morgan fingerprint density at radius 1 is 2.00 bits per heavy atom. The Bertz CT molecular complexity index is 65.9. The highest BCUT2D eigenvalue weighted by molar-refractivity contribution is 5.81. The van der Waals surface area contributed by atoms with Crippen molar-refractivity contribution in [3.63, 3.8) is 0 Å². The topological polar surface area (TPSA) is 36.2 Å². The average molecular weight is 84.1 g/mol. The lowest BCUT2D eigenvalue weighted by molar-refractivity contribution is 1.26. The lowest BCUT2D eigenvalue weighted by atomic mass is 10.4. The first-order chi connectivity index (χ1) is 2.77. The Balaban J connectivity index is 3.05. The van der Waals surface area contributed by atoms with Gasteiger partial charge in [-0.05, 0) is 13.6 Å². The number of hydrogen-bond acceptors (Lipinski definition) is 2. The molecule has 0 radical (unpaired) electrons. The lowest BCUT2D eigenvalue weighted by Gasteiger charge is -1.80. The number of rotatable bonds is 2. The van der Waals surface area contributed by atoms with Gasteiger partial charge in [-0.1, -0.05) is 0 Å². The van der Waals surface area contributed by atoms with Crippen molar-refractivity contribution in [2.45, 2.75) is 6.92 Å². The maximum absolute atomic E-state index is 6.76. The SMILES string of the molecule is C=NCC(C)=N. The highest BCUT2D eigenvalue weighted by Crippen LogP contribution is 1.66. The van der Waals surface area contributed by atoms with E-state index in [1.165, 1.54) is 0 Å². The highest BCUT2D eigenvalue weighted by Gasteiger charge is 1.75. The van der Waals surface area contributed by atoms with Crippen molar-refractivity contribution in [2.75, 3.05) is 6.54 Å². The molecule has 0 aromatic heterocycles. The van der Waals surface area contributed by atoms with E-state index in [1.54, 1.807) is 6.92 Å². The summed E-state index contributed by atoms with van der Waals surface area (Å²) in [6, 6.07) is 0. The molecule has 0 aromatic carbocycles. The van der Waals surface area contributed by atoms with Crippen LogP contribution in [0, 0.1) is 5.41 Å². The van der Waals surface area contributed by atoms with Crippen LogP contribution < -0.4 is 0 Å². The Labute approximate surface area is 37.4 Å². The largest absolute Gasteiger partial charge is 0.308 e. The fourth-order valence-electron chi connectivity index (χ4n) is 0.168. The maximum Gasteiger partial charge on any atom is 0.0755 e. The third-order valence-electron chi connectivity index (χ3n) is 0.349. The number of aliphatic imine (C=N–C) groups is 1. The summed E-state index contributed by atoms with van der Waals surface area (Å²) in [5.74, 6) is 0. The molecule has 0 atom stereocenters. The average Bonchev–Trinajstić information content (AvgIpc) is 1.35. The minimum atomic E-state index is 0.472. The van der Waals surface area contributed by atoms with Crippen LogP contribution in [0.2, 0.25) is 0 Å². The van der Waals surface area contributed by atoms with Gasteiger partial charge in [0.15, 0.2) is 0 Å². The standard InChI is InChI=1S/C4H8N2/c1-4(5)3-6-2/h5H,2-3H2,1H3. The zero-order chi connectivity index (χ0) is 4.99. The van der Waals surface area contributed by atoms with Gasteiger partial charge in [-0.15, -0.1) is 0 Å². The van der Waals surface area contributed by atoms with Crippen molar-refractivity contribution in [1.29, 1.82) is 5.41 Å². The van der Waals surface area contributed by atoms with E-state index in [2.05, 4.69) is 11.7 Å². The summed E-state index contributed by atoms with van der Waals surface area (Å²) in [6.07, 6.45) is 0. The first-order valence-electron chi connectivity index (χ1n) is 1.74. The highest BCUT2D eigenvalue weighted by atomic mass is 14.7. The summed E-state index contributed by atoms with van der Waals surface area (Å²) in [6.45, 7) is 5.39. The van der Waals surface area contributed by atoms with Crippen molar-refractivity contribution in [2.24, 2.45) is 4.99 Å². The molecule has 0 heterocycles. The molecule has 0 amide bonds. The van der Waals surface area contributed by atoms with Gasteiger partial charge in [-0.25, -0.2) is 0 Å². The molecule has 2 nitrogen and oxygen atoms in total. The molecule has 0 aliphatic heterocycles. The number of hydrogen-bond donors (Lipinski definition) is 1. The molecule has 0 spiro atoms. The molecule has 34 valence electrons. The molecule has 0 saturated heterocycles. The lowest BCUT2D eigenvalue weighted by Crippen LogP contribution is -1.90. The molecule has 2 heteroatoms. The van der Waals surface area contributed by atoms with Crippen LogP contribution in [0.1, 0.15) is 6.92 Å². The molecule has 6 heavy (non-hydrogen) atoms. The molecule has 0 bridgehead atoms. The van der Waals surface area contributed by atoms with Crippen molar-refractivity contribution in [3.8, 4) is 0 Å². The second kappa shape index (κ2) is 2.57. The van der Waals surface area contributed by atoms with Crippen LogP contribution in [0.3, 0.4) is 0 Å².